The zero-order valence-corrected chi connectivity index (χ0v) is 9.74. The van der Waals surface area contributed by atoms with Gasteiger partial charge in [0.15, 0.2) is 0 Å². The summed E-state index contributed by atoms with van der Waals surface area (Å²) in [4.78, 5) is 4.31. The number of benzene rings is 1. The Hall–Kier alpha value is -1.41. The summed E-state index contributed by atoms with van der Waals surface area (Å²) < 4.78 is 0. The van der Waals surface area contributed by atoms with Gasteiger partial charge in [-0.2, -0.15) is 0 Å². The number of nitrogens with one attached hydrogen (secondary N) is 1. The molecule has 2 nitrogen and oxygen atoms in total. The molecule has 2 aromatic rings. The van der Waals surface area contributed by atoms with Crippen LogP contribution in [0.5, 0.6) is 0 Å². The lowest BCUT2D eigenvalue weighted by Crippen LogP contribution is -2.14. The van der Waals surface area contributed by atoms with Crippen LogP contribution in [0.3, 0.4) is 0 Å². The van der Waals surface area contributed by atoms with Crippen LogP contribution in [0.2, 0.25) is 0 Å². The maximum Gasteiger partial charge on any atom is 0.0702 e. The first-order valence-electron chi connectivity index (χ1n) is 5.94. The monoisotopic (exact) mass is 214 g/mol. The third-order valence-corrected chi connectivity index (χ3v) is 2.70. The SMILES string of the molecule is CCCCNCc1ccc2ncccc2c1. The molecule has 1 heterocycles. The van der Waals surface area contributed by atoms with Gasteiger partial charge in [0.05, 0.1) is 5.52 Å². The molecule has 0 atom stereocenters. The third kappa shape index (κ3) is 2.80. The Morgan fingerprint density at radius 1 is 1.25 bits per heavy atom. The van der Waals surface area contributed by atoms with Crippen molar-refractivity contribution in [2.75, 3.05) is 6.54 Å². The molecule has 0 fully saturated rings. The Morgan fingerprint density at radius 3 is 3.06 bits per heavy atom. The Labute approximate surface area is 96.7 Å². The van der Waals surface area contributed by atoms with Crippen molar-refractivity contribution in [3.8, 4) is 0 Å². The summed E-state index contributed by atoms with van der Waals surface area (Å²) in [5.74, 6) is 0. The number of rotatable bonds is 5. The predicted octanol–water partition coefficient (Wildman–Crippen LogP) is 3.12. The van der Waals surface area contributed by atoms with E-state index < -0.39 is 0 Å². The summed E-state index contributed by atoms with van der Waals surface area (Å²) in [7, 11) is 0. The molecule has 2 heteroatoms. The molecule has 0 aliphatic heterocycles. The Balaban J connectivity index is 2.02. The van der Waals surface area contributed by atoms with Crippen LogP contribution in [0.25, 0.3) is 10.9 Å². The van der Waals surface area contributed by atoms with Gasteiger partial charge in [0.2, 0.25) is 0 Å². The number of pyridine rings is 1. The highest BCUT2D eigenvalue weighted by Crippen LogP contribution is 2.12. The summed E-state index contributed by atoms with van der Waals surface area (Å²) in [6.07, 6.45) is 4.32. The first-order chi connectivity index (χ1) is 7.90. The van der Waals surface area contributed by atoms with E-state index in [0.717, 1.165) is 18.6 Å². The van der Waals surface area contributed by atoms with Gasteiger partial charge in [-0.15, -0.1) is 0 Å². The van der Waals surface area contributed by atoms with Crippen molar-refractivity contribution in [2.24, 2.45) is 0 Å². The lowest BCUT2D eigenvalue weighted by atomic mass is 10.1. The molecule has 0 spiro atoms. The number of hydrogen-bond donors (Lipinski definition) is 1. The highest BCUT2D eigenvalue weighted by molar-refractivity contribution is 5.78. The molecule has 1 N–H and O–H groups in total. The molecular formula is C14H18N2. The molecule has 0 radical (unpaired) electrons. The van der Waals surface area contributed by atoms with E-state index in [2.05, 4.69) is 41.5 Å². The molecule has 0 saturated carbocycles. The van der Waals surface area contributed by atoms with Gasteiger partial charge in [0, 0.05) is 18.1 Å². The van der Waals surface area contributed by atoms with Crippen molar-refractivity contribution in [1.29, 1.82) is 0 Å². The van der Waals surface area contributed by atoms with Gasteiger partial charge in [-0.05, 0) is 36.7 Å². The van der Waals surface area contributed by atoms with E-state index in [4.69, 9.17) is 0 Å². The second-order valence-corrected chi connectivity index (χ2v) is 4.06. The summed E-state index contributed by atoms with van der Waals surface area (Å²) >= 11 is 0. The van der Waals surface area contributed by atoms with Crippen LogP contribution in [0.4, 0.5) is 0 Å². The van der Waals surface area contributed by atoms with E-state index in [0.29, 0.717) is 0 Å². The number of unbranched alkanes of at least 4 members (excludes halogenated alkanes) is 1. The van der Waals surface area contributed by atoms with Crippen LogP contribution in [-0.4, -0.2) is 11.5 Å². The third-order valence-electron chi connectivity index (χ3n) is 2.70. The average molecular weight is 214 g/mol. The first-order valence-corrected chi connectivity index (χ1v) is 5.94. The van der Waals surface area contributed by atoms with E-state index in [1.807, 2.05) is 12.3 Å². The van der Waals surface area contributed by atoms with Crippen LogP contribution >= 0.6 is 0 Å². The lowest BCUT2D eigenvalue weighted by Gasteiger charge is -2.05. The molecule has 0 saturated heterocycles. The normalized spacial score (nSPS) is 10.8. The molecular weight excluding hydrogens is 196 g/mol. The Kier molecular flexibility index (Phi) is 3.89. The quantitative estimate of drug-likeness (QED) is 0.773. The summed E-state index contributed by atoms with van der Waals surface area (Å²) in [6.45, 7) is 4.26. The van der Waals surface area contributed by atoms with Crippen molar-refractivity contribution in [3.63, 3.8) is 0 Å². The summed E-state index contributed by atoms with van der Waals surface area (Å²) in [6, 6.07) is 10.5. The summed E-state index contributed by atoms with van der Waals surface area (Å²) in [5, 5.41) is 4.67. The Bertz CT molecular complexity index is 451. The molecule has 1 aromatic carbocycles. The van der Waals surface area contributed by atoms with Gasteiger partial charge in [-0.25, -0.2) is 0 Å². The fourth-order valence-corrected chi connectivity index (χ4v) is 1.77. The van der Waals surface area contributed by atoms with Crippen LogP contribution in [-0.2, 0) is 6.54 Å². The lowest BCUT2D eigenvalue weighted by molar-refractivity contribution is 0.642. The zero-order chi connectivity index (χ0) is 11.2. The van der Waals surface area contributed by atoms with E-state index in [9.17, 15) is 0 Å². The van der Waals surface area contributed by atoms with Crippen molar-refractivity contribution in [2.45, 2.75) is 26.3 Å². The van der Waals surface area contributed by atoms with Crippen LogP contribution < -0.4 is 5.32 Å². The van der Waals surface area contributed by atoms with Crippen molar-refractivity contribution < 1.29 is 0 Å². The second-order valence-electron chi connectivity index (χ2n) is 4.06. The molecule has 0 unspecified atom stereocenters. The number of aromatic nitrogens is 1. The van der Waals surface area contributed by atoms with Crippen LogP contribution in [0, 0.1) is 0 Å². The fraction of sp³-hybridized carbons (Fsp3) is 0.357. The number of fused-ring (bicyclic) bond motifs is 1. The molecule has 84 valence electrons. The topological polar surface area (TPSA) is 24.9 Å². The largest absolute Gasteiger partial charge is 0.313 e. The number of hydrogen-bond acceptors (Lipinski definition) is 2. The minimum absolute atomic E-state index is 0.949. The second kappa shape index (κ2) is 5.61. The molecule has 0 aliphatic carbocycles. The minimum Gasteiger partial charge on any atom is -0.313 e. The van der Waals surface area contributed by atoms with E-state index in [-0.39, 0.29) is 0 Å². The minimum atomic E-state index is 0.949. The maximum absolute atomic E-state index is 4.31. The van der Waals surface area contributed by atoms with Crippen molar-refractivity contribution >= 4 is 10.9 Å². The van der Waals surface area contributed by atoms with Crippen molar-refractivity contribution in [3.05, 3.63) is 42.1 Å². The van der Waals surface area contributed by atoms with Gasteiger partial charge >= 0.3 is 0 Å². The fourth-order valence-electron chi connectivity index (χ4n) is 1.77. The van der Waals surface area contributed by atoms with Gasteiger partial charge in [0.1, 0.15) is 0 Å². The number of nitrogens with zero attached hydrogens (tertiary/aromatic N) is 1. The smallest absolute Gasteiger partial charge is 0.0702 e. The molecule has 16 heavy (non-hydrogen) atoms. The molecule has 2 rings (SSSR count). The molecule has 0 bridgehead atoms. The van der Waals surface area contributed by atoms with E-state index in [1.54, 1.807) is 0 Å². The highest BCUT2D eigenvalue weighted by atomic mass is 14.8. The van der Waals surface area contributed by atoms with Gasteiger partial charge in [0.25, 0.3) is 0 Å². The van der Waals surface area contributed by atoms with Gasteiger partial charge < -0.3 is 5.32 Å². The van der Waals surface area contributed by atoms with Crippen LogP contribution in [0.15, 0.2) is 36.5 Å². The van der Waals surface area contributed by atoms with Crippen molar-refractivity contribution in [1.82, 2.24) is 10.3 Å². The maximum atomic E-state index is 4.31. The average Bonchev–Trinajstić information content (AvgIpc) is 2.34. The summed E-state index contributed by atoms with van der Waals surface area (Å²) in [5.41, 5.74) is 2.40. The highest BCUT2D eigenvalue weighted by Gasteiger charge is 1.96. The zero-order valence-electron chi connectivity index (χ0n) is 9.74. The standard InChI is InChI=1S/C14H18N2/c1-2-3-8-15-11-12-6-7-14-13(10-12)5-4-9-16-14/h4-7,9-10,15H,2-3,8,11H2,1H3. The van der Waals surface area contributed by atoms with Gasteiger partial charge in [-0.1, -0.05) is 25.5 Å². The Morgan fingerprint density at radius 2 is 2.19 bits per heavy atom. The van der Waals surface area contributed by atoms with Crippen LogP contribution in [0.1, 0.15) is 25.3 Å². The molecule has 0 amide bonds. The molecule has 1 aromatic heterocycles. The predicted molar refractivity (Wildman–Crippen MR) is 68.4 cm³/mol. The van der Waals surface area contributed by atoms with Gasteiger partial charge in [-0.3, -0.25) is 4.98 Å². The van der Waals surface area contributed by atoms with E-state index >= 15 is 0 Å². The van der Waals surface area contributed by atoms with E-state index in [1.165, 1.54) is 23.8 Å². The first kappa shape index (κ1) is 11.1. The molecule has 0 aliphatic rings.